The maximum absolute atomic E-state index is 13.0. The number of carbonyl (C=O) groups excluding carboxylic acids is 1. The van der Waals surface area contributed by atoms with E-state index < -0.39 is 21.6 Å². The summed E-state index contributed by atoms with van der Waals surface area (Å²) in [6.45, 7) is 18.2. The van der Waals surface area contributed by atoms with Gasteiger partial charge in [-0.1, -0.05) is 108 Å². The van der Waals surface area contributed by atoms with Crippen molar-refractivity contribution in [3.8, 4) is 0 Å². The molecule has 0 amide bonds. The van der Waals surface area contributed by atoms with Gasteiger partial charge in [0, 0.05) is 6.42 Å². The normalized spacial score (nSPS) is 13.9. The third-order valence-electron chi connectivity index (χ3n) is 6.87. The number of ketones is 1. The standard InChI is InChI=1S/C22H44OSi2/c1-9-16-21(23)22(8,17-19-24(10-2,11-3)12-4)18-20-25(13-5,14-6)15-7/h17-20H,9-16H2,1-8H3/b19-17+,20-18+. The summed E-state index contributed by atoms with van der Waals surface area (Å²) in [5, 5.41) is 0. The number of carbonyl (C=O) groups is 1. The van der Waals surface area contributed by atoms with E-state index in [0.717, 1.165) is 6.42 Å². The topological polar surface area (TPSA) is 17.1 Å². The molecule has 0 fully saturated rings. The first kappa shape index (κ1) is 24.6. The summed E-state index contributed by atoms with van der Waals surface area (Å²) >= 11 is 0. The van der Waals surface area contributed by atoms with Gasteiger partial charge in [0.05, 0.1) is 21.6 Å². The molecule has 0 aliphatic heterocycles. The minimum absolute atomic E-state index is 0.389. The Morgan fingerprint density at radius 3 is 1.28 bits per heavy atom. The van der Waals surface area contributed by atoms with Gasteiger partial charge in [-0.05, 0) is 13.3 Å². The van der Waals surface area contributed by atoms with Gasteiger partial charge < -0.3 is 0 Å². The third kappa shape index (κ3) is 6.67. The molecule has 0 spiro atoms. The van der Waals surface area contributed by atoms with Gasteiger partial charge in [0.25, 0.3) is 0 Å². The average molecular weight is 381 g/mol. The van der Waals surface area contributed by atoms with E-state index in [1.165, 1.54) is 36.3 Å². The second kappa shape index (κ2) is 11.3. The van der Waals surface area contributed by atoms with E-state index in [1.54, 1.807) is 0 Å². The van der Waals surface area contributed by atoms with E-state index in [9.17, 15) is 4.79 Å². The predicted molar refractivity (Wildman–Crippen MR) is 121 cm³/mol. The van der Waals surface area contributed by atoms with E-state index in [4.69, 9.17) is 0 Å². The molecule has 0 bridgehead atoms. The number of hydrogen-bond acceptors (Lipinski definition) is 1. The van der Waals surface area contributed by atoms with Crippen LogP contribution in [0.15, 0.2) is 23.6 Å². The van der Waals surface area contributed by atoms with Crippen LogP contribution in [0.1, 0.15) is 68.2 Å². The van der Waals surface area contributed by atoms with E-state index in [1.807, 2.05) is 0 Å². The van der Waals surface area contributed by atoms with Crippen molar-refractivity contribution in [2.24, 2.45) is 5.41 Å². The number of rotatable bonds is 13. The van der Waals surface area contributed by atoms with Crippen molar-refractivity contribution in [3.63, 3.8) is 0 Å². The third-order valence-corrected chi connectivity index (χ3v) is 17.1. The Labute approximate surface area is 160 Å². The van der Waals surface area contributed by atoms with Crippen LogP contribution in [0.3, 0.4) is 0 Å². The summed E-state index contributed by atoms with van der Waals surface area (Å²) in [6.07, 6.45) is 6.21. The first-order valence-corrected chi connectivity index (χ1v) is 16.1. The quantitative estimate of drug-likeness (QED) is 0.301. The van der Waals surface area contributed by atoms with Crippen LogP contribution in [-0.2, 0) is 4.79 Å². The molecule has 0 N–H and O–H groups in total. The zero-order chi connectivity index (χ0) is 19.6. The molecule has 3 heteroatoms. The molecular weight excluding hydrogens is 336 g/mol. The Balaban J connectivity index is 5.86. The Bertz CT molecular complexity index is 396. The lowest BCUT2D eigenvalue weighted by molar-refractivity contribution is -0.123. The second-order valence-electron chi connectivity index (χ2n) is 7.97. The molecule has 0 saturated heterocycles. The molecule has 0 unspecified atom stereocenters. The van der Waals surface area contributed by atoms with Crippen molar-refractivity contribution >= 4 is 21.9 Å². The lowest BCUT2D eigenvalue weighted by Crippen LogP contribution is -2.33. The van der Waals surface area contributed by atoms with Gasteiger partial charge >= 0.3 is 0 Å². The van der Waals surface area contributed by atoms with Crippen LogP contribution in [-0.4, -0.2) is 21.9 Å². The van der Waals surface area contributed by atoms with E-state index >= 15 is 0 Å². The molecule has 146 valence electrons. The van der Waals surface area contributed by atoms with Crippen molar-refractivity contribution < 1.29 is 4.79 Å². The van der Waals surface area contributed by atoms with E-state index in [0.29, 0.717) is 12.2 Å². The fourth-order valence-corrected chi connectivity index (χ4v) is 9.46. The monoisotopic (exact) mass is 380 g/mol. The maximum Gasteiger partial charge on any atom is 0.146 e. The molecule has 0 aromatic rings. The van der Waals surface area contributed by atoms with Crippen molar-refractivity contribution in [1.29, 1.82) is 0 Å². The summed E-state index contributed by atoms with van der Waals surface area (Å²) in [5.74, 6) is 0.389. The Morgan fingerprint density at radius 2 is 1.04 bits per heavy atom. The summed E-state index contributed by atoms with van der Waals surface area (Å²) in [5.41, 5.74) is 4.58. The molecule has 0 rings (SSSR count). The lowest BCUT2D eigenvalue weighted by atomic mass is 9.84. The molecule has 0 radical (unpaired) electrons. The summed E-state index contributed by atoms with van der Waals surface area (Å²) in [7, 11) is -2.70. The molecule has 25 heavy (non-hydrogen) atoms. The molecule has 1 nitrogen and oxygen atoms in total. The summed E-state index contributed by atoms with van der Waals surface area (Å²) in [6, 6.07) is 7.64. The number of allylic oxidation sites excluding steroid dienone is 2. The van der Waals surface area contributed by atoms with Crippen molar-refractivity contribution in [1.82, 2.24) is 0 Å². The molecule has 0 heterocycles. The fourth-order valence-electron chi connectivity index (χ4n) is 3.64. The molecular formula is C22H44OSi2. The van der Waals surface area contributed by atoms with Crippen LogP contribution >= 0.6 is 0 Å². The first-order valence-electron chi connectivity index (χ1n) is 10.7. The van der Waals surface area contributed by atoms with Crippen molar-refractivity contribution in [2.45, 2.75) is 104 Å². The highest BCUT2D eigenvalue weighted by atomic mass is 28.3. The molecule has 0 atom stereocenters. The SMILES string of the molecule is CCCC(=O)C(C)(/C=C/[Si](CC)(CC)CC)/C=C/[Si](CC)(CC)CC. The zero-order valence-corrected chi connectivity index (χ0v) is 20.4. The zero-order valence-electron chi connectivity index (χ0n) is 18.4. The van der Waals surface area contributed by atoms with E-state index in [2.05, 4.69) is 78.9 Å². The minimum Gasteiger partial charge on any atom is -0.298 e. The van der Waals surface area contributed by atoms with E-state index in [-0.39, 0.29) is 0 Å². The Kier molecular flexibility index (Phi) is 11.1. The van der Waals surface area contributed by atoms with Gasteiger partial charge in [0.2, 0.25) is 0 Å². The van der Waals surface area contributed by atoms with Gasteiger partial charge in [-0.2, -0.15) is 0 Å². The highest BCUT2D eigenvalue weighted by Gasteiger charge is 2.31. The number of hydrogen-bond donors (Lipinski definition) is 0. The van der Waals surface area contributed by atoms with Crippen molar-refractivity contribution in [3.05, 3.63) is 23.6 Å². The Hall–Kier alpha value is -0.416. The minimum atomic E-state index is -1.35. The van der Waals surface area contributed by atoms with Gasteiger partial charge in [0.1, 0.15) is 5.78 Å². The van der Waals surface area contributed by atoms with Gasteiger partial charge in [0.15, 0.2) is 0 Å². The van der Waals surface area contributed by atoms with Crippen molar-refractivity contribution in [2.75, 3.05) is 0 Å². The molecule has 0 aliphatic carbocycles. The van der Waals surface area contributed by atoms with Gasteiger partial charge in [-0.15, -0.1) is 0 Å². The average Bonchev–Trinajstić information content (AvgIpc) is 2.65. The smallest absolute Gasteiger partial charge is 0.146 e. The predicted octanol–water partition coefficient (Wildman–Crippen LogP) is 7.57. The van der Waals surface area contributed by atoms with Crippen LogP contribution < -0.4 is 0 Å². The van der Waals surface area contributed by atoms with Gasteiger partial charge in [-0.3, -0.25) is 4.79 Å². The van der Waals surface area contributed by atoms with Crippen LogP contribution in [0.2, 0.25) is 36.3 Å². The Morgan fingerprint density at radius 1 is 0.720 bits per heavy atom. The largest absolute Gasteiger partial charge is 0.298 e. The fraction of sp³-hybridized carbons (Fsp3) is 0.773. The summed E-state index contributed by atoms with van der Waals surface area (Å²) < 4.78 is 0. The lowest BCUT2D eigenvalue weighted by Gasteiger charge is -2.29. The van der Waals surface area contributed by atoms with Crippen LogP contribution in [0.5, 0.6) is 0 Å². The van der Waals surface area contributed by atoms with Crippen LogP contribution in [0, 0.1) is 5.41 Å². The maximum atomic E-state index is 13.0. The highest BCUT2D eigenvalue weighted by molar-refractivity contribution is 6.84. The first-order chi connectivity index (χ1) is 11.8. The van der Waals surface area contributed by atoms with Crippen LogP contribution in [0.4, 0.5) is 0 Å². The summed E-state index contributed by atoms with van der Waals surface area (Å²) in [4.78, 5) is 13.0. The second-order valence-corrected chi connectivity index (χ2v) is 18.3. The molecule has 0 aliphatic rings. The molecule has 0 aromatic heterocycles. The highest BCUT2D eigenvalue weighted by Crippen LogP contribution is 2.31. The van der Waals surface area contributed by atoms with Gasteiger partial charge in [-0.25, -0.2) is 0 Å². The van der Waals surface area contributed by atoms with Crippen LogP contribution in [0.25, 0.3) is 0 Å². The molecule has 0 saturated carbocycles. The molecule has 0 aromatic carbocycles. The number of Topliss-reactive ketones (excluding diaryl/α,β-unsaturated/α-hetero) is 1.